The summed E-state index contributed by atoms with van der Waals surface area (Å²) in [6, 6.07) is 0. The Bertz CT molecular complexity index is 160. The molecule has 2 nitrogen and oxygen atoms in total. The molecule has 0 aliphatic rings. The number of rotatable bonds is 10. The number of hydrogen-bond donors (Lipinski definition) is 1. The lowest BCUT2D eigenvalue weighted by atomic mass is 9.98. The molecule has 0 aromatic heterocycles. The summed E-state index contributed by atoms with van der Waals surface area (Å²) < 4.78 is 0. The molecule has 1 unspecified atom stereocenters. The van der Waals surface area contributed by atoms with Crippen LogP contribution in [0.1, 0.15) is 58.3 Å². The molecule has 0 aromatic carbocycles. The van der Waals surface area contributed by atoms with Gasteiger partial charge >= 0.3 is 5.97 Å². The molecular weight excluding hydrogens is 212 g/mol. The first-order chi connectivity index (χ1) is 7.22. The van der Waals surface area contributed by atoms with E-state index in [2.05, 4.69) is 6.92 Å². The maximum absolute atomic E-state index is 10.8. The van der Waals surface area contributed by atoms with Gasteiger partial charge < -0.3 is 5.11 Å². The fraction of sp³-hybridized carbons (Fsp3) is 0.917. The van der Waals surface area contributed by atoms with Crippen LogP contribution in [0.5, 0.6) is 0 Å². The molecule has 0 aliphatic heterocycles. The molecule has 0 heterocycles. The fourth-order valence-electron chi connectivity index (χ4n) is 1.69. The highest BCUT2D eigenvalue weighted by Crippen LogP contribution is 2.16. The van der Waals surface area contributed by atoms with Crippen molar-refractivity contribution in [3.63, 3.8) is 0 Å². The van der Waals surface area contributed by atoms with E-state index < -0.39 is 5.97 Å². The minimum atomic E-state index is -0.691. The summed E-state index contributed by atoms with van der Waals surface area (Å²) in [6.45, 7) is 2.20. The zero-order chi connectivity index (χ0) is 11.5. The first-order valence-corrected chi connectivity index (χ1v) is 6.54. The summed E-state index contributed by atoms with van der Waals surface area (Å²) in [7, 11) is 0. The SMILES string of the molecule is CCCCCCCCC(CCCl)C(=O)O. The van der Waals surface area contributed by atoms with Crippen LogP contribution < -0.4 is 0 Å². The normalized spacial score (nSPS) is 12.7. The summed E-state index contributed by atoms with van der Waals surface area (Å²) in [5, 5.41) is 8.89. The van der Waals surface area contributed by atoms with Gasteiger partial charge in [0.05, 0.1) is 5.92 Å². The van der Waals surface area contributed by atoms with E-state index in [1.54, 1.807) is 0 Å². The number of halogens is 1. The van der Waals surface area contributed by atoms with Gasteiger partial charge in [0.25, 0.3) is 0 Å². The zero-order valence-electron chi connectivity index (χ0n) is 9.67. The molecule has 0 fully saturated rings. The Morgan fingerprint density at radius 1 is 1.13 bits per heavy atom. The maximum atomic E-state index is 10.8. The first kappa shape index (κ1) is 14.8. The Morgan fingerprint density at radius 3 is 2.27 bits per heavy atom. The highest BCUT2D eigenvalue weighted by atomic mass is 35.5. The van der Waals surface area contributed by atoms with Gasteiger partial charge in [-0.05, 0) is 12.8 Å². The highest BCUT2D eigenvalue weighted by Gasteiger charge is 2.15. The van der Waals surface area contributed by atoms with E-state index >= 15 is 0 Å². The average Bonchev–Trinajstić information content (AvgIpc) is 2.21. The van der Waals surface area contributed by atoms with E-state index in [0.717, 1.165) is 19.3 Å². The fourth-order valence-corrected chi connectivity index (χ4v) is 1.96. The van der Waals surface area contributed by atoms with Crippen LogP contribution in [0.15, 0.2) is 0 Å². The summed E-state index contributed by atoms with van der Waals surface area (Å²) >= 11 is 5.56. The Kier molecular flexibility index (Phi) is 10.1. The molecule has 0 saturated heterocycles. The molecule has 15 heavy (non-hydrogen) atoms. The molecule has 3 heteroatoms. The minimum Gasteiger partial charge on any atom is -0.481 e. The van der Waals surface area contributed by atoms with Gasteiger partial charge in [0.15, 0.2) is 0 Å². The summed E-state index contributed by atoms with van der Waals surface area (Å²) in [6.07, 6.45) is 8.64. The van der Waals surface area contributed by atoms with Gasteiger partial charge in [0.2, 0.25) is 0 Å². The van der Waals surface area contributed by atoms with Gasteiger partial charge in [-0.25, -0.2) is 0 Å². The molecule has 0 bridgehead atoms. The van der Waals surface area contributed by atoms with Gasteiger partial charge in [0.1, 0.15) is 0 Å². The third kappa shape index (κ3) is 8.73. The Labute approximate surface area is 98.0 Å². The number of unbranched alkanes of at least 4 members (excludes halogenated alkanes) is 5. The predicted molar refractivity (Wildman–Crippen MR) is 64.5 cm³/mol. The molecule has 0 saturated carbocycles. The number of alkyl halides is 1. The predicted octanol–water partition coefficient (Wildman–Crippen LogP) is 4.07. The number of carboxylic acid groups (broad SMARTS) is 1. The minimum absolute atomic E-state index is 0.228. The molecule has 0 aliphatic carbocycles. The molecule has 90 valence electrons. The molecule has 1 N–H and O–H groups in total. The number of hydrogen-bond acceptors (Lipinski definition) is 1. The van der Waals surface area contributed by atoms with Crippen molar-refractivity contribution in [3.8, 4) is 0 Å². The van der Waals surface area contributed by atoms with E-state index in [9.17, 15) is 4.79 Å². The second kappa shape index (κ2) is 10.3. The van der Waals surface area contributed by atoms with Crippen LogP contribution in [0.3, 0.4) is 0 Å². The van der Waals surface area contributed by atoms with Crippen molar-refractivity contribution >= 4 is 17.6 Å². The standard InChI is InChI=1S/C12H23ClO2/c1-2-3-4-5-6-7-8-11(9-10-13)12(14)15/h11H,2-10H2,1H3,(H,14,15). The van der Waals surface area contributed by atoms with E-state index in [1.807, 2.05) is 0 Å². The second-order valence-electron chi connectivity index (χ2n) is 4.07. The maximum Gasteiger partial charge on any atom is 0.306 e. The molecule has 0 aromatic rings. The third-order valence-electron chi connectivity index (χ3n) is 2.71. The third-order valence-corrected chi connectivity index (χ3v) is 2.93. The van der Waals surface area contributed by atoms with Gasteiger partial charge in [-0.2, -0.15) is 0 Å². The molecule has 0 spiro atoms. The Hall–Kier alpha value is -0.240. The van der Waals surface area contributed by atoms with Crippen molar-refractivity contribution in [2.75, 3.05) is 5.88 Å². The van der Waals surface area contributed by atoms with Gasteiger partial charge in [-0.1, -0.05) is 45.4 Å². The van der Waals surface area contributed by atoms with Crippen molar-refractivity contribution in [2.45, 2.75) is 58.3 Å². The van der Waals surface area contributed by atoms with Crippen molar-refractivity contribution in [1.82, 2.24) is 0 Å². The number of carboxylic acids is 1. The Morgan fingerprint density at radius 2 is 1.73 bits per heavy atom. The summed E-state index contributed by atoms with van der Waals surface area (Å²) in [5.74, 6) is -0.467. The van der Waals surface area contributed by atoms with Crippen LogP contribution >= 0.6 is 11.6 Å². The molecule has 1 atom stereocenters. The zero-order valence-corrected chi connectivity index (χ0v) is 10.4. The molecule has 0 amide bonds. The monoisotopic (exact) mass is 234 g/mol. The van der Waals surface area contributed by atoms with Crippen molar-refractivity contribution in [2.24, 2.45) is 5.92 Å². The van der Waals surface area contributed by atoms with E-state index in [1.165, 1.54) is 25.7 Å². The lowest BCUT2D eigenvalue weighted by Gasteiger charge is -2.09. The number of carbonyl (C=O) groups is 1. The Balaban J connectivity index is 3.41. The van der Waals surface area contributed by atoms with Crippen LogP contribution in [-0.2, 0) is 4.79 Å². The quantitative estimate of drug-likeness (QED) is 0.457. The van der Waals surface area contributed by atoms with Crippen LogP contribution in [0.4, 0.5) is 0 Å². The lowest BCUT2D eigenvalue weighted by molar-refractivity contribution is -0.142. The van der Waals surface area contributed by atoms with Crippen molar-refractivity contribution < 1.29 is 9.90 Å². The van der Waals surface area contributed by atoms with Gasteiger partial charge in [-0.15, -0.1) is 11.6 Å². The lowest BCUT2D eigenvalue weighted by Crippen LogP contribution is -2.14. The summed E-state index contributed by atoms with van der Waals surface area (Å²) in [5.41, 5.74) is 0. The van der Waals surface area contributed by atoms with E-state index in [4.69, 9.17) is 16.7 Å². The first-order valence-electron chi connectivity index (χ1n) is 6.01. The average molecular weight is 235 g/mol. The molecule has 0 radical (unpaired) electrons. The number of aliphatic carboxylic acids is 1. The van der Waals surface area contributed by atoms with Gasteiger partial charge in [-0.3, -0.25) is 4.79 Å². The second-order valence-corrected chi connectivity index (χ2v) is 4.45. The topological polar surface area (TPSA) is 37.3 Å². The molecular formula is C12H23ClO2. The molecule has 0 rings (SSSR count). The van der Waals surface area contributed by atoms with E-state index in [0.29, 0.717) is 12.3 Å². The van der Waals surface area contributed by atoms with Crippen molar-refractivity contribution in [3.05, 3.63) is 0 Å². The van der Waals surface area contributed by atoms with Crippen LogP contribution in [0, 0.1) is 5.92 Å². The van der Waals surface area contributed by atoms with Crippen LogP contribution in [0.25, 0.3) is 0 Å². The van der Waals surface area contributed by atoms with Crippen molar-refractivity contribution in [1.29, 1.82) is 0 Å². The van der Waals surface area contributed by atoms with Gasteiger partial charge in [0, 0.05) is 5.88 Å². The van der Waals surface area contributed by atoms with Crippen LogP contribution in [-0.4, -0.2) is 17.0 Å². The summed E-state index contributed by atoms with van der Waals surface area (Å²) in [4.78, 5) is 10.8. The van der Waals surface area contributed by atoms with Crippen LogP contribution in [0.2, 0.25) is 0 Å². The highest BCUT2D eigenvalue weighted by molar-refractivity contribution is 6.17. The van der Waals surface area contributed by atoms with E-state index in [-0.39, 0.29) is 5.92 Å². The smallest absolute Gasteiger partial charge is 0.306 e. The largest absolute Gasteiger partial charge is 0.481 e.